The van der Waals surface area contributed by atoms with E-state index in [1.165, 1.54) is 32.1 Å². The van der Waals surface area contributed by atoms with Gasteiger partial charge in [-0.15, -0.1) is 0 Å². The zero-order valence-corrected chi connectivity index (χ0v) is 10.7. The standard InChI is InChI=1S/C13H21N3O/c1-16(10-11-6-4-3-5-7-11)13-14-9-8-12(15-13)17-2/h8-9,11H,3-7,10H2,1-2H3. The SMILES string of the molecule is COc1ccnc(N(C)CC2CCCCC2)n1. The van der Waals surface area contributed by atoms with Gasteiger partial charge in [-0.25, -0.2) is 4.98 Å². The second-order valence-corrected chi connectivity index (χ2v) is 4.78. The van der Waals surface area contributed by atoms with Crippen LogP contribution in [0, 0.1) is 5.92 Å². The van der Waals surface area contributed by atoms with E-state index in [4.69, 9.17) is 4.74 Å². The highest BCUT2D eigenvalue weighted by atomic mass is 16.5. The number of aromatic nitrogens is 2. The Hall–Kier alpha value is -1.32. The molecule has 0 radical (unpaired) electrons. The molecule has 2 rings (SSSR count). The van der Waals surface area contributed by atoms with Crippen LogP contribution in [0.4, 0.5) is 5.95 Å². The molecule has 1 aromatic rings. The lowest BCUT2D eigenvalue weighted by molar-refractivity contribution is 0.360. The van der Waals surface area contributed by atoms with Gasteiger partial charge in [0, 0.05) is 25.9 Å². The second-order valence-electron chi connectivity index (χ2n) is 4.78. The van der Waals surface area contributed by atoms with Crippen LogP contribution in [0.15, 0.2) is 12.3 Å². The number of ether oxygens (including phenoxy) is 1. The first-order valence-corrected chi connectivity index (χ1v) is 6.38. The molecule has 0 saturated heterocycles. The quantitative estimate of drug-likeness (QED) is 0.803. The zero-order valence-electron chi connectivity index (χ0n) is 10.7. The Balaban J connectivity index is 1.95. The monoisotopic (exact) mass is 235 g/mol. The Morgan fingerprint density at radius 1 is 1.35 bits per heavy atom. The van der Waals surface area contributed by atoms with E-state index in [0.29, 0.717) is 5.88 Å². The first-order valence-electron chi connectivity index (χ1n) is 6.38. The minimum absolute atomic E-state index is 0.630. The summed E-state index contributed by atoms with van der Waals surface area (Å²) in [7, 11) is 3.69. The van der Waals surface area contributed by atoms with Crippen molar-refractivity contribution in [2.45, 2.75) is 32.1 Å². The summed E-state index contributed by atoms with van der Waals surface area (Å²) in [6.07, 6.45) is 8.58. The van der Waals surface area contributed by atoms with Gasteiger partial charge in [0.25, 0.3) is 0 Å². The molecule has 1 fully saturated rings. The highest BCUT2D eigenvalue weighted by Gasteiger charge is 2.16. The molecule has 1 aromatic heterocycles. The maximum Gasteiger partial charge on any atom is 0.228 e. The predicted octanol–water partition coefficient (Wildman–Crippen LogP) is 2.50. The first kappa shape index (κ1) is 12.1. The maximum atomic E-state index is 5.12. The molecule has 1 saturated carbocycles. The topological polar surface area (TPSA) is 38.2 Å². The third-order valence-corrected chi connectivity index (χ3v) is 3.42. The normalized spacial score (nSPS) is 16.8. The van der Waals surface area contributed by atoms with Crippen molar-refractivity contribution >= 4 is 5.95 Å². The molecule has 0 unspecified atom stereocenters. The van der Waals surface area contributed by atoms with Crippen molar-refractivity contribution in [2.24, 2.45) is 5.92 Å². The third-order valence-electron chi connectivity index (χ3n) is 3.42. The lowest BCUT2D eigenvalue weighted by atomic mass is 9.89. The van der Waals surface area contributed by atoms with Gasteiger partial charge in [-0.2, -0.15) is 4.98 Å². The van der Waals surface area contributed by atoms with Gasteiger partial charge in [0.15, 0.2) is 0 Å². The van der Waals surface area contributed by atoms with E-state index in [2.05, 4.69) is 21.9 Å². The van der Waals surface area contributed by atoms with Gasteiger partial charge in [-0.05, 0) is 18.8 Å². The van der Waals surface area contributed by atoms with Crippen LogP contribution in [0.3, 0.4) is 0 Å². The smallest absolute Gasteiger partial charge is 0.228 e. The van der Waals surface area contributed by atoms with Crippen molar-refractivity contribution < 1.29 is 4.74 Å². The van der Waals surface area contributed by atoms with E-state index < -0.39 is 0 Å². The van der Waals surface area contributed by atoms with Gasteiger partial charge >= 0.3 is 0 Å². The van der Waals surface area contributed by atoms with Gasteiger partial charge in [0.05, 0.1) is 7.11 Å². The average Bonchev–Trinajstić information content (AvgIpc) is 2.40. The van der Waals surface area contributed by atoms with Crippen LogP contribution in [0.25, 0.3) is 0 Å². The van der Waals surface area contributed by atoms with Crippen LogP contribution < -0.4 is 9.64 Å². The molecule has 0 spiro atoms. The third kappa shape index (κ3) is 3.32. The average molecular weight is 235 g/mol. The van der Waals surface area contributed by atoms with E-state index in [1.54, 1.807) is 19.4 Å². The van der Waals surface area contributed by atoms with E-state index in [0.717, 1.165) is 18.4 Å². The van der Waals surface area contributed by atoms with E-state index in [-0.39, 0.29) is 0 Å². The van der Waals surface area contributed by atoms with Gasteiger partial charge < -0.3 is 9.64 Å². The Morgan fingerprint density at radius 2 is 2.12 bits per heavy atom. The van der Waals surface area contributed by atoms with Gasteiger partial charge in [-0.3, -0.25) is 0 Å². The lowest BCUT2D eigenvalue weighted by Crippen LogP contribution is -2.28. The van der Waals surface area contributed by atoms with Crippen LogP contribution >= 0.6 is 0 Å². The minimum atomic E-state index is 0.630. The summed E-state index contributed by atoms with van der Waals surface area (Å²) in [6.45, 7) is 1.05. The first-order chi connectivity index (χ1) is 8.29. The Labute approximate surface area is 103 Å². The van der Waals surface area contributed by atoms with E-state index in [1.807, 2.05) is 0 Å². The second kappa shape index (κ2) is 5.84. The number of anilines is 1. The van der Waals surface area contributed by atoms with Crippen LogP contribution in [0.1, 0.15) is 32.1 Å². The van der Waals surface area contributed by atoms with E-state index in [9.17, 15) is 0 Å². The van der Waals surface area contributed by atoms with Crippen LogP contribution in [-0.2, 0) is 0 Å². The predicted molar refractivity (Wildman–Crippen MR) is 68.4 cm³/mol. The van der Waals surface area contributed by atoms with Gasteiger partial charge in [0.1, 0.15) is 0 Å². The van der Waals surface area contributed by atoms with Crippen molar-refractivity contribution in [1.82, 2.24) is 9.97 Å². The summed E-state index contributed by atoms with van der Waals surface area (Å²) < 4.78 is 5.12. The van der Waals surface area contributed by atoms with E-state index >= 15 is 0 Å². The molecule has 1 heterocycles. The number of hydrogen-bond donors (Lipinski definition) is 0. The van der Waals surface area contributed by atoms with Crippen LogP contribution in [-0.4, -0.2) is 30.7 Å². The Bertz CT molecular complexity index is 350. The zero-order chi connectivity index (χ0) is 12.1. The molecular formula is C13H21N3O. The Kier molecular flexibility index (Phi) is 4.18. The fraction of sp³-hybridized carbons (Fsp3) is 0.692. The summed E-state index contributed by atoms with van der Waals surface area (Å²) in [4.78, 5) is 10.8. The molecule has 0 bridgehead atoms. The highest BCUT2D eigenvalue weighted by molar-refractivity contribution is 5.30. The number of rotatable bonds is 4. The Morgan fingerprint density at radius 3 is 2.82 bits per heavy atom. The largest absolute Gasteiger partial charge is 0.481 e. The molecule has 0 aromatic carbocycles. The summed E-state index contributed by atoms with van der Waals surface area (Å²) in [5, 5.41) is 0. The molecule has 0 N–H and O–H groups in total. The molecule has 17 heavy (non-hydrogen) atoms. The summed E-state index contributed by atoms with van der Waals surface area (Å²) in [6, 6.07) is 1.78. The van der Waals surface area contributed by atoms with Crippen molar-refractivity contribution in [3.63, 3.8) is 0 Å². The summed E-state index contributed by atoms with van der Waals surface area (Å²) in [5.74, 6) is 2.18. The molecule has 94 valence electrons. The fourth-order valence-electron chi connectivity index (χ4n) is 2.47. The van der Waals surface area contributed by atoms with Gasteiger partial charge in [0.2, 0.25) is 11.8 Å². The van der Waals surface area contributed by atoms with Crippen molar-refractivity contribution in [1.29, 1.82) is 0 Å². The molecule has 0 amide bonds. The van der Waals surface area contributed by atoms with Crippen molar-refractivity contribution in [3.05, 3.63) is 12.3 Å². The molecular weight excluding hydrogens is 214 g/mol. The fourth-order valence-corrected chi connectivity index (χ4v) is 2.47. The number of methoxy groups -OCH3 is 1. The lowest BCUT2D eigenvalue weighted by Gasteiger charge is -2.27. The molecule has 1 aliphatic carbocycles. The van der Waals surface area contributed by atoms with Crippen molar-refractivity contribution in [3.8, 4) is 5.88 Å². The van der Waals surface area contributed by atoms with Crippen molar-refractivity contribution in [2.75, 3.05) is 25.6 Å². The maximum absolute atomic E-state index is 5.12. The van der Waals surface area contributed by atoms with Crippen LogP contribution in [0.2, 0.25) is 0 Å². The number of nitrogens with zero attached hydrogens (tertiary/aromatic N) is 3. The van der Waals surface area contributed by atoms with Gasteiger partial charge in [-0.1, -0.05) is 19.3 Å². The number of hydrogen-bond acceptors (Lipinski definition) is 4. The molecule has 4 nitrogen and oxygen atoms in total. The molecule has 0 atom stereocenters. The molecule has 1 aliphatic rings. The molecule has 0 aliphatic heterocycles. The highest BCUT2D eigenvalue weighted by Crippen LogP contribution is 2.25. The van der Waals surface area contributed by atoms with Crippen LogP contribution in [0.5, 0.6) is 5.88 Å². The molecule has 4 heteroatoms. The summed E-state index contributed by atoms with van der Waals surface area (Å²) >= 11 is 0. The summed E-state index contributed by atoms with van der Waals surface area (Å²) in [5.41, 5.74) is 0. The minimum Gasteiger partial charge on any atom is -0.481 e.